The van der Waals surface area contributed by atoms with Gasteiger partial charge in [0.15, 0.2) is 0 Å². The van der Waals surface area contributed by atoms with E-state index in [1.54, 1.807) is 7.11 Å². The lowest BCUT2D eigenvalue weighted by molar-refractivity contribution is 0.200. The van der Waals surface area contributed by atoms with E-state index in [9.17, 15) is 0 Å². The fourth-order valence-electron chi connectivity index (χ4n) is 1.43. The van der Waals surface area contributed by atoms with Gasteiger partial charge in [0.1, 0.15) is 11.6 Å². The second-order valence-corrected chi connectivity index (χ2v) is 3.65. The van der Waals surface area contributed by atoms with Gasteiger partial charge < -0.3 is 10.5 Å². The number of nitrogens with two attached hydrogens (primary N) is 1. The Balaban J connectivity index is 2.13. The molecule has 1 heterocycles. The van der Waals surface area contributed by atoms with E-state index < -0.39 is 0 Å². The third kappa shape index (κ3) is 2.20. The first-order valence-electron chi connectivity index (χ1n) is 4.92. The first kappa shape index (κ1) is 9.40. The zero-order valence-electron chi connectivity index (χ0n) is 8.36. The van der Waals surface area contributed by atoms with Crippen molar-refractivity contribution in [3.8, 4) is 0 Å². The Morgan fingerprint density at radius 2 is 2.29 bits per heavy atom. The third-order valence-electron chi connectivity index (χ3n) is 2.34. The molecule has 0 atom stereocenters. The van der Waals surface area contributed by atoms with Crippen LogP contribution in [0.3, 0.4) is 0 Å². The lowest BCUT2D eigenvalue weighted by atomic mass is 10.2. The number of anilines is 1. The van der Waals surface area contributed by atoms with Crippen molar-refractivity contribution in [2.24, 2.45) is 0 Å². The van der Waals surface area contributed by atoms with Gasteiger partial charge in [0.25, 0.3) is 0 Å². The van der Waals surface area contributed by atoms with E-state index in [0.29, 0.717) is 18.3 Å². The molecule has 2 N–H and O–H groups in total. The fourth-order valence-corrected chi connectivity index (χ4v) is 1.43. The summed E-state index contributed by atoms with van der Waals surface area (Å²) < 4.78 is 4.98. The number of nitrogen functional groups attached to an aromatic ring is 1. The molecule has 76 valence electrons. The van der Waals surface area contributed by atoms with Gasteiger partial charge in [-0.05, 0) is 12.8 Å². The summed E-state index contributed by atoms with van der Waals surface area (Å²) in [6.07, 6.45) is 3.21. The van der Waals surface area contributed by atoms with Crippen LogP contribution in [0.2, 0.25) is 0 Å². The van der Waals surface area contributed by atoms with Gasteiger partial charge in [-0.15, -0.1) is 0 Å². The lowest BCUT2D eigenvalue weighted by Crippen LogP contribution is -2.05. The highest BCUT2D eigenvalue weighted by atomic mass is 16.5. The van der Waals surface area contributed by atoms with Crippen LogP contribution in [0, 0.1) is 0 Å². The van der Waals surface area contributed by atoms with E-state index in [1.165, 1.54) is 12.8 Å². The Labute approximate surface area is 83.5 Å². The molecule has 1 aliphatic rings. The molecule has 1 aromatic rings. The monoisotopic (exact) mass is 193 g/mol. The minimum absolute atomic E-state index is 0.577. The highest BCUT2D eigenvalue weighted by Gasteiger charge is 2.25. The number of rotatable bonds is 4. The molecule has 4 nitrogen and oxygen atoms in total. The molecule has 2 rings (SSSR count). The zero-order valence-corrected chi connectivity index (χ0v) is 8.36. The van der Waals surface area contributed by atoms with Gasteiger partial charge in [-0.25, -0.2) is 9.97 Å². The standard InChI is InChI=1S/C10H15N3O/c1-14-5-4-10-12-8(7-2-3-7)6-9(11)13-10/h6-7H,2-5H2,1H3,(H2,11,12,13). The van der Waals surface area contributed by atoms with E-state index >= 15 is 0 Å². The van der Waals surface area contributed by atoms with Crippen LogP contribution in [0.4, 0.5) is 5.82 Å². The van der Waals surface area contributed by atoms with Crippen LogP contribution in [0.5, 0.6) is 0 Å². The summed E-state index contributed by atoms with van der Waals surface area (Å²) in [7, 11) is 1.67. The Bertz CT molecular complexity index is 323. The highest BCUT2D eigenvalue weighted by molar-refractivity contribution is 5.32. The molecular formula is C10H15N3O. The fraction of sp³-hybridized carbons (Fsp3) is 0.600. The molecule has 0 saturated heterocycles. The van der Waals surface area contributed by atoms with Crippen LogP contribution >= 0.6 is 0 Å². The Morgan fingerprint density at radius 3 is 2.93 bits per heavy atom. The molecule has 0 radical (unpaired) electrons. The van der Waals surface area contributed by atoms with Crippen LogP contribution in [0.15, 0.2) is 6.07 Å². The van der Waals surface area contributed by atoms with Crippen molar-refractivity contribution in [3.63, 3.8) is 0 Å². The first-order valence-corrected chi connectivity index (χ1v) is 4.92. The number of aromatic nitrogens is 2. The van der Waals surface area contributed by atoms with Gasteiger partial charge >= 0.3 is 0 Å². The molecule has 4 heteroatoms. The summed E-state index contributed by atoms with van der Waals surface area (Å²) in [6.45, 7) is 0.646. The third-order valence-corrected chi connectivity index (χ3v) is 2.34. The molecule has 1 saturated carbocycles. The van der Waals surface area contributed by atoms with Crippen molar-refractivity contribution >= 4 is 5.82 Å². The second kappa shape index (κ2) is 3.92. The molecule has 0 aliphatic heterocycles. The van der Waals surface area contributed by atoms with Crippen molar-refractivity contribution in [3.05, 3.63) is 17.6 Å². The van der Waals surface area contributed by atoms with Crippen molar-refractivity contribution in [2.75, 3.05) is 19.5 Å². The first-order chi connectivity index (χ1) is 6.79. The van der Waals surface area contributed by atoms with E-state index in [-0.39, 0.29) is 0 Å². The van der Waals surface area contributed by atoms with Gasteiger partial charge in [0, 0.05) is 31.2 Å². The molecule has 0 bridgehead atoms. The van der Waals surface area contributed by atoms with E-state index in [0.717, 1.165) is 17.9 Å². The number of methoxy groups -OCH3 is 1. The SMILES string of the molecule is COCCc1nc(N)cc(C2CC2)n1. The van der Waals surface area contributed by atoms with E-state index in [4.69, 9.17) is 10.5 Å². The van der Waals surface area contributed by atoms with Crippen molar-refractivity contribution < 1.29 is 4.74 Å². The normalized spacial score (nSPS) is 15.8. The Morgan fingerprint density at radius 1 is 1.50 bits per heavy atom. The summed E-state index contributed by atoms with van der Waals surface area (Å²) in [4.78, 5) is 8.63. The van der Waals surface area contributed by atoms with Gasteiger partial charge in [-0.2, -0.15) is 0 Å². The van der Waals surface area contributed by atoms with Gasteiger partial charge in [0.05, 0.1) is 6.61 Å². The van der Waals surface area contributed by atoms with Gasteiger partial charge in [-0.1, -0.05) is 0 Å². The maximum absolute atomic E-state index is 5.70. The van der Waals surface area contributed by atoms with E-state index in [1.807, 2.05) is 6.07 Å². The van der Waals surface area contributed by atoms with Crippen LogP contribution in [-0.4, -0.2) is 23.7 Å². The second-order valence-electron chi connectivity index (χ2n) is 3.65. The molecule has 1 aromatic heterocycles. The number of nitrogens with zero attached hydrogens (tertiary/aromatic N) is 2. The van der Waals surface area contributed by atoms with E-state index in [2.05, 4.69) is 9.97 Å². The summed E-state index contributed by atoms with van der Waals surface area (Å²) in [5.74, 6) is 2.00. The molecule has 1 aliphatic carbocycles. The average Bonchev–Trinajstić information content (AvgIpc) is 2.97. The molecule has 1 fully saturated rings. The quantitative estimate of drug-likeness (QED) is 0.778. The molecule has 14 heavy (non-hydrogen) atoms. The number of hydrogen-bond acceptors (Lipinski definition) is 4. The summed E-state index contributed by atoms with van der Waals surface area (Å²) in [5.41, 5.74) is 6.81. The zero-order chi connectivity index (χ0) is 9.97. The van der Waals surface area contributed by atoms with Crippen LogP contribution in [-0.2, 0) is 11.2 Å². The Kier molecular flexibility index (Phi) is 2.63. The van der Waals surface area contributed by atoms with Crippen LogP contribution in [0.25, 0.3) is 0 Å². The number of ether oxygens (including phenoxy) is 1. The largest absolute Gasteiger partial charge is 0.384 e. The number of hydrogen-bond donors (Lipinski definition) is 1. The summed E-state index contributed by atoms with van der Waals surface area (Å²) in [6, 6.07) is 1.88. The minimum Gasteiger partial charge on any atom is -0.384 e. The molecule has 0 amide bonds. The molecule has 0 spiro atoms. The average molecular weight is 193 g/mol. The predicted molar refractivity (Wildman–Crippen MR) is 54.0 cm³/mol. The Hall–Kier alpha value is -1.16. The predicted octanol–water partition coefficient (Wildman–Crippen LogP) is 1.13. The maximum Gasteiger partial charge on any atom is 0.133 e. The van der Waals surface area contributed by atoms with Crippen LogP contribution < -0.4 is 5.73 Å². The molecule has 0 unspecified atom stereocenters. The summed E-state index contributed by atoms with van der Waals surface area (Å²) >= 11 is 0. The van der Waals surface area contributed by atoms with Crippen molar-refractivity contribution in [2.45, 2.75) is 25.2 Å². The minimum atomic E-state index is 0.577. The van der Waals surface area contributed by atoms with Crippen molar-refractivity contribution in [1.82, 2.24) is 9.97 Å². The lowest BCUT2D eigenvalue weighted by Gasteiger charge is -2.04. The molecular weight excluding hydrogens is 178 g/mol. The van der Waals surface area contributed by atoms with Crippen molar-refractivity contribution in [1.29, 1.82) is 0 Å². The van der Waals surface area contributed by atoms with Crippen LogP contribution in [0.1, 0.15) is 30.3 Å². The summed E-state index contributed by atoms with van der Waals surface area (Å²) in [5, 5.41) is 0. The smallest absolute Gasteiger partial charge is 0.133 e. The van der Waals surface area contributed by atoms with Gasteiger partial charge in [-0.3, -0.25) is 0 Å². The maximum atomic E-state index is 5.70. The molecule has 0 aromatic carbocycles. The highest BCUT2D eigenvalue weighted by Crippen LogP contribution is 2.39. The van der Waals surface area contributed by atoms with Gasteiger partial charge in [0.2, 0.25) is 0 Å². The topological polar surface area (TPSA) is 61.0 Å².